The molecule has 0 saturated carbocycles. The number of para-hydroxylation sites is 2. The summed E-state index contributed by atoms with van der Waals surface area (Å²) in [5.74, 6) is 0.130. The molecule has 0 spiro atoms. The summed E-state index contributed by atoms with van der Waals surface area (Å²) in [7, 11) is -0.737. The topological polar surface area (TPSA) is 81.7 Å². The molecule has 0 atom stereocenters. The zero-order valence-electron chi connectivity index (χ0n) is 12.1. The molecule has 0 aromatic heterocycles. The summed E-state index contributed by atoms with van der Waals surface area (Å²) in [6, 6.07) is 12.2. The number of nitrogens with one attached hydrogen (secondary N) is 1. The molecule has 0 unspecified atom stereocenters. The minimum absolute atomic E-state index is 0.0730. The second kappa shape index (κ2) is 6.59. The smallest absolute Gasteiger partial charge is 0.343 e. The van der Waals surface area contributed by atoms with Crippen LogP contribution in [0.3, 0.4) is 0 Å². The van der Waals surface area contributed by atoms with Crippen molar-refractivity contribution in [3.63, 3.8) is 0 Å². The maximum Gasteiger partial charge on any atom is 0.343 e. The quantitative estimate of drug-likeness (QED) is 0.671. The Bertz CT molecular complexity index is 769. The minimum Gasteiger partial charge on any atom is -0.493 e. The molecule has 116 valence electrons. The van der Waals surface area contributed by atoms with Crippen LogP contribution >= 0.6 is 0 Å². The summed E-state index contributed by atoms with van der Waals surface area (Å²) in [6.07, 6.45) is 0. The third kappa shape index (κ3) is 3.44. The van der Waals surface area contributed by atoms with Gasteiger partial charge >= 0.3 is 5.97 Å². The highest BCUT2D eigenvalue weighted by Gasteiger charge is 2.15. The van der Waals surface area contributed by atoms with Crippen molar-refractivity contribution in [2.45, 2.75) is 4.90 Å². The molecule has 0 saturated heterocycles. The molecule has 2 rings (SSSR count). The van der Waals surface area contributed by atoms with E-state index in [0.717, 1.165) is 0 Å². The first-order valence-corrected chi connectivity index (χ1v) is 7.85. The van der Waals surface area contributed by atoms with Crippen LogP contribution in [-0.2, 0) is 10.0 Å². The molecule has 1 N–H and O–H groups in total. The Labute approximate surface area is 128 Å². The van der Waals surface area contributed by atoms with Crippen molar-refractivity contribution >= 4 is 16.0 Å². The number of hydrogen-bond donors (Lipinski definition) is 1. The maximum atomic E-state index is 12.1. The molecule has 0 bridgehead atoms. The van der Waals surface area contributed by atoms with Crippen molar-refractivity contribution in [3.05, 3.63) is 54.1 Å². The number of benzene rings is 2. The lowest BCUT2D eigenvalue weighted by Crippen LogP contribution is -2.18. The number of rotatable bonds is 5. The molecule has 0 fully saturated rings. The molecule has 0 amide bonds. The fraction of sp³-hybridized carbons (Fsp3) is 0.133. The van der Waals surface area contributed by atoms with Crippen LogP contribution in [0.1, 0.15) is 10.4 Å². The van der Waals surface area contributed by atoms with E-state index in [1.165, 1.54) is 38.4 Å². The fourth-order valence-electron chi connectivity index (χ4n) is 1.75. The number of sulfonamides is 1. The van der Waals surface area contributed by atoms with E-state index < -0.39 is 16.0 Å². The Hall–Kier alpha value is -2.38. The normalized spacial score (nSPS) is 11.0. The summed E-state index contributed by atoms with van der Waals surface area (Å²) in [4.78, 5) is 12.1. The predicted octanol–water partition coefficient (Wildman–Crippen LogP) is 1.82. The van der Waals surface area contributed by atoms with Gasteiger partial charge in [0.15, 0.2) is 11.5 Å². The largest absolute Gasteiger partial charge is 0.493 e. The zero-order valence-corrected chi connectivity index (χ0v) is 12.9. The summed E-state index contributed by atoms with van der Waals surface area (Å²) in [5.41, 5.74) is 0.237. The van der Waals surface area contributed by atoms with Gasteiger partial charge in [-0.2, -0.15) is 0 Å². The average Bonchev–Trinajstić information content (AvgIpc) is 2.55. The van der Waals surface area contributed by atoms with E-state index >= 15 is 0 Å². The molecule has 0 heterocycles. The van der Waals surface area contributed by atoms with Crippen LogP contribution in [0, 0.1) is 0 Å². The van der Waals surface area contributed by atoms with Crippen molar-refractivity contribution < 1.29 is 22.7 Å². The fourth-order valence-corrected chi connectivity index (χ4v) is 2.48. The van der Waals surface area contributed by atoms with Gasteiger partial charge in [-0.05, 0) is 43.4 Å². The molecule has 6 nitrogen and oxygen atoms in total. The third-order valence-electron chi connectivity index (χ3n) is 2.94. The van der Waals surface area contributed by atoms with Gasteiger partial charge in [0.1, 0.15) is 0 Å². The summed E-state index contributed by atoms with van der Waals surface area (Å²) >= 11 is 0. The second-order valence-corrected chi connectivity index (χ2v) is 6.16. The lowest BCUT2D eigenvalue weighted by Gasteiger charge is -2.09. The molecular weight excluding hydrogens is 306 g/mol. The molecule has 0 aliphatic rings. The Kier molecular flexibility index (Phi) is 4.79. The van der Waals surface area contributed by atoms with Crippen LogP contribution in [0.4, 0.5) is 0 Å². The Morgan fingerprint density at radius 3 is 2.14 bits per heavy atom. The van der Waals surface area contributed by atoms with Crippen LogP contribution in [0.15, 0.2) is 53.4 Å². The van der Waals surface area contributed by atoms with Crippen molar-refractivity contribution in [3.8, 4) is 11.5 Å². The van der Waals surface area contributed by atoms with Gasteiger partial charge in [-0.3, -0.25) is 0 Å². The molecule has 0 radical (unpaired) electrons. The molecule has 2 aromatic carbocycles. The predicted molar refractivity (Wildman–Crippen MR) is 80.6 cm³/mol. The van der Waals surface area contributed by atoms with E-state index in [4.69, 9.17) is 9.47 Å². The summed E-state index contributed by atoms with van der Waals surface area (Å²) < 4.78 is 35.8. The lowest BCUT2D eigenvalue weighted by atomic mass is 10.2. The molecule has 7 heteroatoms. The van der Waals surface area contributed by atoms with E-state index in [0.29, 0.717) is 11.5 Å². The molecule has 22 heavy (non-hydrogen) atoms. The monoisotopic (exact) mass is 321 g/mol. The van der Waals surface area contributed by atoms with Crippen LogP contribution < -0.4 is 14.2 Å². The van der Waals surface area contributed by atoms with Gasteiger partial charge < -0.3 is 9.47 Å². The standard InChI is InChI=1S/C15H15NO5S/c1-16-22(18,19)12-9-7-11(8-10-12)15(17)21-14-6-4-3-5-13(14)20-2/h3-10,16H,1-2H3. The van der Waals surface area contributed by atoms with Gasteiger partial charge in [0.25, 0.3) is 0 Å². The van der Waals surface area contributed by atoms with Crippen LogP contribution in [-0.4, -0.2) is 28.5 Å². The number of carbonyl (C=O) groups is 1. The molecule has 0 aliphatic carbocycles. The van der Waals surface area contributed by atoms with Crippen molar-refractivity contribution in [1.82, 2.24) is 4.72 Å². The molecule has 0 aliphatic heterocycles. The highest BCUT2D eigenvalue weighted by atomic mass is 32.2. The first-order valence-electron chi connectivity index (χ1n) is 6.37. The van der Waals surface area contributed by atoms with Gasteiger partial charge in [-0.25, -0.2) is 17.9 Å². The van der Waals surface area contributed by atoms with Gasteiger partial charge in [-0.1, -0.05) is 12.1 Å². The molecule has 2 aromatic rings. The van der Waals surface area contributed by atoms with Crippen molar-refractivity contribution in [2.75, 3.05) is 14.2 Å². The van der Waals surface area contributed by atoms with Crippen molar-refractivity contribution in [1.29, 1.82) is 0 Å². The van der Waals surface area contributed by atoms with Gasteiger partial charge in [0.05, 0.1) is 17.6 Å². The highest BCUT2D eigenvalue weighted by molar-refractivity contribution is 7.89. The number of methoxy groups -OCH3 is 1. The van der Waals surface area contributed by atoms with E-state index in [1.54, 1.807) is 24.3 Å². The van der Waals surface area contributed by atoms with Crippen LogP contribution in [0.5, 0.6) is 11.5 Å². The van der Waals surface area contributed by atoms with E-state index in [1.807, 2.05) is 0 Å². The first kappa shape index (κ1) is 16.0. The summed E-state index contributed by atoms with van der Waals surface area (Å²) in [5, 5.41) is 0. The van der Waals surface area contributed by atoms with E-state index in [2.05, 4.69) is 4.72 Å². The van der Waals surface area contributed by atoms with E-state index in [9.17, 15) is 13.2 Å². The van der Waals surface area contributed by atoms with Crippen LogP contribution in [0.2, 0.25) is 0 Å². The Balaban J connectivity index is 2.20. The van der Waals surface area contributed by atoms with Crippen molar-refractivity contribution in [2.24, 2.45) is 0 Å². The zero-order chi connectivity index (χ0) is 16.2. The number of carbonyl (C=O) groups excluding carboxylic acids is 1. The number of hydrogen-bond acceptors (Lipinski definition) is 5. The Morgan fingerprint density at radius 1 is 1.00 bits per heavy atom. The third-order valence-corrected chi connectivity index (χ3v) is 4.37. The van der Waals surface area contributed by atoms with Gasteiger partial charge in [-0.15, -0.1) is 0 Å². The van der Waals surface area contributed by atoms with Crippen LogP contribution in [0.25, 0.3) is 0 Å². The highest BCUT2D eigenvalue weighted by Crippen LogP contribution is 2.26. The first-order chi connectivity index (χ1) is 10.5. The number of esters is 1. The maximum absolute atomic E-state index is 12.1. The lowest BCUT2D eigenvalue weighted by molar-refractivity contribution is 0.0729. The average molecular weight is 321 g/mol. The minimum atomic E-state index is -3.53. The summed E-state index contributed by atoms with van der Waals surface area (Å²) in [6.45, 7) is 0. The second-order valence-electron chi connectivity index (χ2n) is 4.27. The SMILES string of the molecule is CNS(=O)(=O)c1ccc(C(=O)Oc2ccccc2OC)cc1. The Morgan fingerprint density at radius 2 is 1.59 bits per heavy atom. The molecular formula is C15H15NO5S. The van der Waals surface area contributed by atoms with Gasteiger partial charge in [0.2, 0.25) is 10.0 Å². The van der Waals surface area contributed by atoms with Gasteiger partial charge in [0, 0.05) is 0 Å². The van der Waals surface area contributed by atoms with E-state index in [-0.39, 0.29) is 10.5 Å². The number of ether oxygens (including phenoxy) is 2.